The molecule has 0 unspecified atom stereocenters. The summed E-state index contributed by atoms with van der Waals surface area (Å²) >= 11 is 0. The molecule has 3 fully saturated rings. The summed E-state index contributed by atoms with van der Waals surface area (Å²) in [5.41, 5.74) is 23.6. The van der Waals surface area contributed by atoms with Crippen molar-refractivity contribution in [3.63, 3.8) is 0 Å². The molecule has 188 valence electrons. The van der Waals surface area contributed by atoms with Crippen LogP contribution >= 0.6 is 0 Å². The van der Waals surface area contributed by atoms with Crippen molar-refractivity contribution in [2.24, 2.45) is 22.9 Å². The lowest BCUT2D eigenvalue weighted by molar-refractivity contribution is -0.321. The molecule has 2 saturated heterocycles. The number of aliphatic hydroxyl groups excluding tert-OH is 6. The van der Waals surface area contributed by atoms with Crippen LogP contribution in [-0.4, -0.2) is 129 Å². The summed E-state index contributed by atoms with van der Waals surface area (Å²) in [7, 11) is 0. The second-order valence-electron chi connectivity index (χ2n) is 8.69. The first-order valence-electron chi connectivity index (χ1n) is 10.7. The number of nitrogens with two attached hydrogens (primary N) is 4. The molecule has 0 amide bonds. The highest BCUT2D eigenvalue weighted by molar-refractivity contribution is 5.01. The van der Waals surface area contributed by atoms with Gasteiger partial charge in [-0.2, -0.15) is 0 Å². The normalized spacial score (nSPS) is 52.7. The second kappa shape index (κ2) is 10.8. The van der Waals surface area contributed by atoms with Crippen LogP contribution in [0.3, 0.4) is 0 Å². The van der Waals surface area contributed by atoms with Crippen molar-refractivity contribution in [3.05, 3.63) is 0 Å². The zero-order valence-electron chi connectivity index (χ0n) is 17.5. The summed E-state index contributed by atoms with van der Waals surface area (Å²) in [5, 5.41) is 60.8. The van der Waals surface area contributed by atoms with E-state index in [2.05, 4.69) is 0 Å². The predicted octanol–water partition coefficient (Wildman–Crippen LogP) is -6.26. The molecule has 14 N–H and O–H groups in total. The predicted molar refractivity (Wildman–Crippen MR) is 106 cm³/mol. The molecule has 32 heavy (non-hydrogen) atoms. The van der Waals surface area contributed by atoms with Gasteiger partial charge in [0.1, 0.15) is 42.7 Å². The molecule has 0 spiro atoms. The van der Waals surface area contributed by atoms with Crippen LogP contribution in [-0.2, 0) is 18.9 Å². The largest absolute Gasteiger partial charge is 0.394 e. The Hall–Kier alpha value is -0.560. The van der Waals surface area contributed by atoms with Gasteiger partial charge in [0, 0.05) is 25.0 Å². The van der Waals surface area contributed by atoms with E-state index in [0.29, 0.717) is 0 Å². The highest BCUT2D eigenvalue weighted by atomic mass is 16.7. The van der Waals surface area contributed by atoms with E-state index in [1.54, 1.807) is 0 Å². The molecule has 0 aromatic heterocycles. The van der Waals surface area contributed by atoms with Crippen LogP contribution in [0, 0.1) is 0 Å². The average Bonchev–Trinajstić information content (AvgIpc) is 2.75. The maximum atomic E-state index is 10.9. The molecule has 3 rings (SSSR count). The molecule has 0 aromatic carbocycles. The molecule has 14 heteroatoms. The Bertz CT molecular complexity index is 606. The number of hydrogen-bond donors (Lipinski definition) is 10. The highest BCUT2D eigenvalue weighted by Gasteiger charge is 2.50. The number of ether oxygens (including phenoxy) is 4. The van der Waals surface area contributed by atoms with E-state index >= 15 is 0 Å². The van der Waals surface area contributed by atoms with Crippen LogP contribution in [0.4, 0.5) is 0 Å². The molecule has 2 aliphatic heterocycles. The van der Waals surface area contributed by atoms with E-state index in [0.717, 1.165) is 0 Å². The van der Waals surface area contributed by atoms with Crippen molar-refractivity contribution in [1.82, 2.24) is 0 Å². The monoisotopic (exact) mass is 468 g/mol. The number of hydrogen-bond acceptors (Lipinski definition) is 14. The van der Waals surface area contributed by atoms with Gasteiger partial charge in [-0.15, -0.1) is 0 Å². The van der Waals surface area contributed by atoms with Gasteiger partial charge in [-0.25, -0.2) is 0 Å². The topological polar surface area (TPSA) is 262 Å². The van der Waals surface area contributed by atoms with E-state index in [1.807, 2.05) is 0 Å². The number of rotatable bonds is 6. The SMILES string of the molecule is NC[C@H]1O[C@H](O[C@H]2[C@H](O)[C@@H](O[C@H]3O[C@H](CO)[C@@H](O)[C@H](N)[C@H]3O)[C@H](N)C[C@@H]2N)[C@H](O)C[C@@H]1O. The van der Waals surface area contributed by atoms with E-state index in [4.69, 9.17) is 41.9 Å². The minimum atomic E-state index is -1.46. The third-order valence-electron chi connectivity index (χ3n) is 6.35. The van der Waals surface area contributed by atoms with Crippen molar-refractivity contribution in [1.29, 1.82) is 0 Å². The second-order valence-corrected chi connectivity index (χ2v) is 8.69. The first-order valence-corrected chi connectivity index (χ1v) is 10.7. The molecule has 0 bridgehead atoms. The Kier molecular flexibility index (Phi) is 8.79. The lowest BCUT2D eigenvalue weighted by Gasteiger charge is -2.47. The van der Waals surface area contributed by atoms with Crippen LogP contribution in [0.5, 0.6) is 0 Å². The van der Waals surface area contributed by atoms with Gasteiger partial charge in [0.15, 0.2) is 12.6 Å². The molecule has 0 radical (unpaired) electrons. The Morgan fingerprint density at radius 3 is 1.84 bits per heavy atom. The van der Waals surface area contributed by atoms with E-state index in [1.165, 1.54) is 0 Å². The van der Waals surface area contributed by atoms with Crippen LogP contribution in [0.15, 0.2) is 0 Å². The fourth-order valence-corrected chi connectivity index (χ4v) is 4.38. The summed E-state index contributed by atoms with van der Waals surface area (Å²) in [5.74, 6) is 0. The van der Waals surface area contributed by atoms with Crippen LogP contribution in [0.25, 0.3) is 0 Å². The van der Waals surface area contributed by atoms with Gasteiger partial charge in [-0.1, -0.05) is 0 Å². The quantitative estimate of drug-likeness (QED) is 0.174. The van der Waals surface area contributed by atoms with E-state index in [9.17, 15) is 30.6 Å². The van der Waals surface area contributed by atoms with Crippen molar-refractivity contribution in [2.45, 2.75) is 98.5 Å². The van der Waals surface area contributed by atoms with Crippen molar-refractivity contribution >= 4 is 0 Å². The smallest absolute Gasteiger partial charge is 0.186 e. The lowest BCUT2D eigenvalue weighted by Crippen LogP contribution is -2.68. The van der Waals surface area contributed by atoms with Gasteiger partial charge in [0.05, 0.1) is 24.9 Å². The number of aliphatic hydroxyl groups is 6. The standard InChI is InChI=1S/C18H36N4O10/c19-3-9-7(24)2-8(25)17(29-9)31-15-5(20)1-6(21)16(14(15)28)32-18-13(27)11(22)12(26)10(4-23)30-18/h5-18,23-28H,1-4,19-22H2/t5-,6+,7-,8+,9+,10+,11-,12+,13+,14-,15+,16-,17+,18+/m0/s1. The maximum absolute atomic E-state index is 10.9. The first-order chi connectivity index (χ1) is 15.1. The van der Waals surface area contributed by atoms with Gasteiger partial charge in [0.25, 0.3) is 0 Å². The summed E-state index contributed by atoms with van der Waals surface area (Å²) in [6.07, 6.45) is -12.9. The average molecular weight is 469 g/mol. The molecule has 1 saturated carbocycles. The molecular formula is C18H36N4O10. The maximum Gasteiger partial charge on any atom is 0.186 e. The lowest BCUT2D eigenvalue weighted by atomic mass is 9.84. The summed E-state index contributed by atoms with van der Waals surface area (Å²) in [6.45, 7) is -0.568. The van der Waals surface area contributed by atoms with Crippen LogP contribution in [0.2, 0.25) is 0 Å². The summed E-state index contributed by atoms with van der Waals surface area (Å²) in [4.78, 5) is 0. The van der Waals surface area contributed by atoms with Crippen LogP contribution < -0.4 is 22.9 Å². The van der Waals surface area contributed by atoms with Crippen molar-refractivity contribution in [2.75, 3.05) is 13.2 Å². The van der Waals surface area contributed by atoms with Gasteiger partial charge in [0.2, 0.25) is 0 Å². The third-order valence-corrected chi connectivity index (χ3v) is 6.35. The molecule has 1 aliphatic carbocycles. The van der Waals surface area contributed by atoms with Gasteiger partial charge in [-0.3, -0.25) is 0 Å². The minimum Gasteiger partial charge on any atom is -0.394 e. The van der Waals surface area contributed by atoms with Crippen molar-refractivity contribution < 1.29 is 49.6 Å². The summed E-state index contributed by atoms with van der Waals surface area (Å²) < 4.78 is 22.4. The highest BCUT2D eigenvalue weighted by Crippen LogP contribution is 2.31. The summed E-state index contributed by atoms with van der Waals surface area (Å²) in [6, 6.07) is -2.69. The molecule has 14 atom stereocenters. The molecule has 2 heterocycles. The van der Waals surface area contributed by atoms with Gasteiger partial charge in [-0.05, 0) is 6.42 Å². The fraction of sp³-hybridized carbons (Fsp3) is 1.00. The minimum absolute atomic E-state index is 0.00132. The Morgan fingerprint density at radius 2 is 1.28 bits per heavy atom. The Balaban J connectivity index is 1.70. The van der Waals surface area contributed by atoms with Gasteiger partial charge < -0.3 is 72.5 Å². The molecule has 14 nitrogen and oxygen atoms in total. The third kappa shape index (κ3) is 5.24. The molecule has 3 aliphatic rings. The zero-order chi connectivity index (χ0) is 23.7. The molecule has 0 aromatic rings. The van der Waals surface area contributed by atoms with E-state index in [-0.39, 0.29) is 19.4 Å². The van der Waals surface area contributed by atoms with Crippen LogP contribution in [0.1, 0.15) is 12.8 Å². The van der Waals surface area contributed by atoms with E-state index < -0.39 is 92.2 Å². The van der Waals surface area contributed by atoms with Crippen molar-refractivity contribution in [3.8, 4) is 0 Å². The fourth-order valence-electron chi connectivity index (χ4n) is 4.38. The first kappa shape index (κ1) is 26.1. The molecular weight excluding hydrogens is 432 g/mol. The Morgan fingerprint density at radius 1 is 0.719 bits per heavy atom. The van der Waals surface area contributed by atoms with Gasteiger partial charge >= 0.3 is 0 Å². The zero-order valence-corrected chi connectivity index (χ0v) is 17.5. The Labute approximate surface area is 185 Å².